The highest BCUT2D eigenvalue weighted by Crippen LogP contribution is 2.53. The average molecular weight is 543 g/mol. The molecule has 0 aliphatic carbocycles. The molecule has 2 N–H and O–H groups in total. The Kier molecular flexibility index (Phi) is 11.5. The van der Waals surface area contributed by atoms with E-state index in [1.807, 2.05) is 24.3 Å². The molecule has 0 heterocycles. The van der Waals surface area contributed by atoms with Crippen LogP contribution < -0.4 is 0 Å². The second-order valence-corrected chi connectivity index (χ2v) is 21.6. The first-order valence-electron chi connectivity index (χ1n) is 14.7. The number of rotatable bonds is 16. The van der Waals surface area contributed by atoms with Crippen molar-refractivity contribution < 1.29 is 14.6 Å². The monoisotopic (exact) mass is 542 g/mol. The van der Waals surface area contributed by atoms with Gasteiger partial charge in [-0.05, 0) is 79.9 Å². The van der Waals surface area contributed by atoms with E-state index in [0.717, 1.165) is 68.9 Å². The highest BCUT2D eigenvalue weighted by Gasteiger charge is 2.53. The lowest BCUT2D eigenvalue weighted by molar-refractivity contribution is 0.108. The third kappa shape index (κ3) is 7.30. The maximum atomic E-state index is 10.3. The van der Waals surface area contributed by atoms with Gasteiger partial charge in [0.1, 0.15) is 11.5 Å². The van der Waals surface area contributed by atoms with Crippen molar-refractivity contribution in [2.75, 3.05) is 0 Å². The second kappa shape index (κ2) is 13.5. The SMILES string of the molecule is CCC(CC)(O[Si](C)(C)C(CC)(CC)CCCc1ccccc1O)[Si](C)(C)CCCc1ccccc1O. The van der Waals surface area contributed by atoms with Crippen LogP contribution >= 0.6 is 0 Å². The van der Waals surface area contributed by atoms with E-state index in [9.17, 15) is 10.2 Å². The molecule has 0 unspecified atom stereocenters. The fourth-order valence-corrected chi connectivity index (χ4v) is 16.1. The molecule has 0 aliphatic rings. The zero-order valence-electron chi connectivity index (χ0n) is 25.0. The molecule has 3 nitrogen and oxygen atoms in total. The van der Waals surface area contributed by atoms with Gasteiger partial charge in [-0.25, -0.2) is 0 Å². The Morgan fingerprint density at radius 3 is 1.57 bits per heavy atom. The zero-order valence-corrected chi connectivity index (χ0v) is 27.0. The number of para-hydroxylation sites is 2. The molecule has 5 heteroatoms. The molecule has 0 fully saturated rings. The summed E-state index contributed by atoms with van der Waals surface area (Å²) in [7, 11) is -3.86. The van der Waals surface area contributed by atoms with Gasteiger partial charge in [0.25, 0.3) is 0 Å². The molecule has 2 aromatic carbocycles. The van der Waals surface area contributed by atoms with Crippen LogP contribution in [0.5, 0.6) is 11.5 Å². The Morgan fingerprint density at radius 2 is 1.14 bits per heavy atom. The van der Waals surface area contributed by atoms with Crippen molar-refractivity contribution in [3.05, 3.63) is 59.7 Å². The minimum atomic E-state index is -2.10. The molecule has 0 radical (unpaired) electrons. The quantitative estimate of drug-likeness (QED) is 0.208. The van der Waals surface area contributed by atoms with E-state index in [2.05, 4.69) is 66.0 Å². The van der Waals surface area contributed by atoms with Gasteiger partial charge in [-0.3, -0.25) is 0 Å². The summed E-state index contributed by atoms with van der Waals surface area (Å²) < 4.78 is 7.59. The normalized spacial score (nSPS) is 13.2. The summed E-state index contributed by atoms with van der Waals surface area (Å²) in [6.45, 7) is 19.4. The zero-order chi connectivity index (χ0) is 27.7. The van der Waals surface area contributed by atoms with E-state index in [4.69, 9.17) is 4.43 Å². The number of phenolic OH excluding ortho intramolecular Hbond substituents is 2. The first-order valence-corrected chi connectivity index (χ1v) is 20.8. The number of aromatic hydroxyl groups is 2. The number of phenols is 2. The van der Waals surface area contributed by atoms with E-state index in [1.165, 1.54) is 6.04 Å². The fourth-order valence-electron chi connectivity index (χ4n) is 6.85. The topological polar surface area (TPSA) is 49.7 Å². The summed E-state index contributed by atoms with van der Waals surface area (Å²) in [4.78, 5) is 0. The summed E-state index contributed by atoms with van der Waals surface area (Å²) in [5, 5.41) is 20.7. The van der Waals surface area contributed by atoms with Crippen molar-refractivity contribution in [2.45, 2.75) is 128 Å². The molecule has 0 bridgehead atoms. The second-order valence-electron chi connectivity index (χ2n) is 12.1. The largest absolute Gasteiger partial charge is 0.508 e. The molecule has 0 atom stereocenters. The molecular formula is C32H54O3Si2. The molecule has 0 aliphatic heterocycles. The minimum absolute atomic E-state index is 0.0330. The van der Waals surface area contributed by atoms with Gasteiger partial charge in [-0.15, -0.1) is 0 Å². The van der Waals surface area contributed by atoms with Crippen LogP contribution in [-0.4, -0.2) is 31.8 Å². The highest BCUT2D eigenvalue weighted by molar-refractivity contribution is 6.82. The van der Waals surface area contributed by atoms with Crippen LogP contribution in [-0.2, 0) is 17.3 Å². The van der Waals surface area contributed by atoms with Crippen molar-refractivity contribution in [1.82, 2.24) is 0 Å². The Labute approximate surface area is 229 Å². The molecule has 0 amide bonds. The first kappa shape index (κ1) is 31.7. The average Bonchev–Trinajstić information content (AvgIpc) is 2.87. The molecule has 2 rings (SSSR count). The smallest absolute Gasteiger partial charge is 0.193 e. The lowest BCUT2D eigenvalue weighted by Crippen LogP contribution is -2.62. The van der Waals surface area contributed by atoms with Gasteiger partial charge >= 0.3 is 0 Å². The Hall–Kier alpha value is -1.57. The van der Waals surface area contributed by atoms with E-state index in [1.54, 1.807) is 12.1 Å². The van der Waals surface area contributed by atoms with E-state index in [-0.39, 0.29) is 10.3 Å². The lowest BCUT2D eigenvalue weighted by atomic mass is 9.93. The van der Waals surface area contributed by atoms with Gasteiger partial charge in [0.2, 0.25) is 0 Å². The maximum absolute atomic E-state index is 10.3. The summed E-state index contributed by atoms with van der Waals surface area (Å²) in [5.74, 6) is 0.838. The number of hydrogen-bond acceptors (Lipinski definition) is 3. The Morgan fingerprint density at radius 1 is 0.676 bits per heavy atom. The lowest BCUT2D eigenvalue weighted by Gasteiger charge is -2.54. The first-order chi connectivity index (χ1) is 17.4. The number of aryl methyl sites for hydroxylation is 2. The van der Waals surface area contributed by atoms with Gasteiger partial charge in [0.15, 0.2) is 8.32 Å². The highest BCUT2D eigenvalue weighted by atomic mass is 28.4. The number of hydrogen-bond donors (Lipinski definition) is 2. The van der Waals surface area contributed by atoms with Gasteiger partial charge in [0, 0.05) is 5.22 Å². The predicted molar refractivity (Wildman–Crippen MR) is 165 cm³/mol. The van der Waals surface area contributed by atoms with Crippen LogP contribution in [0.25, 0.3) is 0 Å². The van der Waals surface area contributed by atoms with Crippen molar-refractivity contribution >= 4 is 16.4 Å². The third-order valence-electron chi connectivity index (χ3n) is 9.79. The Bertz CT molecular complexity index is 962. The van der Waals surface area contributed by atoms with E-state index >= 15 is 0 Å². The molecule has 2 aromatic rings. The van der Waals surface area contributed by atoms with Gasteiger partial charge in [-0.2, -0.15) is 0 Å². The molecule has 37 heavy (non-hydrogen) atoms. The van der Waals surface area contributed by atoms with Crippen molar-refractivity contribution in [1.29, 1.82) is 0 Å². The van der Waals surface area contributed by atoms with Crippen LogP contribution in [0.15, 0.2) is 48.5 Å². The molecule has 0 saturated carbocycles. The van der Waals surface area contributed by atoms with Crippen molar-refractivity contribution in [3.63, 3.8) is 0 Å². The fraction of sp³-hybridized carbons (Fsp3) is 0.625. The number of benzene rings is 2. The van der Waals surface area contributed by atoms with Gasteiger partial charge in [0.05, 0.1) is 8.07 Å². The molecule has 0 spiro atoms. The van der Waals surface area contributed by atoms with Crippen LogP contribution in [0.1, 0.15) is 83.8 Å². The molecule has 0 saturated heterocycles. The minimum Gasteiger partial charge on any atom is -0.508 e. The summed E-state index contributed by atoms with van der Waals surface area (Å²) in [6.07, 6.45) is 9.57. The van der Waals surface area contributed by atoms with Crippen LogP contribution in [0.2, 0.25) is 37.3 Å². The van der Waals surface area contributed by atoms with Gasteiger partial charge < -0.3 is 14.6 Å². The molecule has 208 valence electrons. The van der Waals surface area contributed by atoms with E-state index in [0.29, 0.717) is 11.5 Å². The maximum Gasteiger partial charge on any atom is 0.193 e. The van der Waals surface area contributed by atoms with Crippen LogP contribution in [0.4, 0.5) is 0 Å². The Balaban J connectivity index is 2.20. The van der Waals surface area contributed by atoms with Crippen LogP contribution in [0, 0.1) is 0 Å². The van der Waals surface area contributed by atoms with Crippen molar-refractivity contribution in [2.24, 2.45) is 0 Å². The van der Waals surface area contributed by atoms with Gasteiger partial charge in [-0.1, -0.05) is 102 Å². The van der Waals surface area contributed by atoms with Crippen LogP contribution in [0.3, 0.4) is 0 Å². The third-order valence-corrected chi connectivity index (χ3v) is 19.3. The molecule has 0 aromatic heterocycles. The van der Waals surface area contributed by atoms with Crippen molar-refractivity contribution in [3.8, 4) is 11.5 Å². The standard InChI is InChI=1S/C32H54O3Si2/c1-9-31(10-2,25-17-21-27-19-13-15-23-29(27)33)37(7,8)35-32(11-3,12-4)36(5,6)26-18-22-28-20-14-16-24-30(28)34/h13-16,19-20,23-24,33-34H,9-12,17-18,21-22,25-26H2,1-8H3. The summed E-state index contributed by atoms with van der Waals surface area (Å²) >= 11 is 0. The summed E-state index contributed by atoms with van der Waals surface area (Å²) in [5.41, 5.74) is 2.11. The molecular weight excluding hydrogens is 489 g/mol. The summed E-state index contributed by atoms with van der Waals surface area (Å²) in [6, 6.07) is 16.7. The predicted octanol–water partition coefficient (Wildman–Crippen LogP) is 9.64. The van der Waals surface area contributed by atoms with E-state index < -0.39 is 16.4 Å².